The number of benzene rings is 4. The Bertz CT molecular complexity index is 2140. The zero-order valence-corrected chi connectivity index (χ0v) is 29.7. The largest absolute Gasteiger partial charge is 0.466 e. The Kier molecular flexibility index (Phi) is 12.9. The third kappa shape index (κ3) is 10.2. The molecule has 0 atom stereocenters. The van der Waals surface area contributed by atoms with Crippen LogP contribution in [-0.4, -0.2) is 35.0 Å². The highest BCUT2D eigenvalue weighted by Crippen LogP contribution is 2.51. The number of nitro benzene ring substituents is 2. The zero-order valence-electron chi connectivity index (χ0n) is 29.7. The Balaban J connectivity index is 2.26. The summed E-state index contributed by atoms with van der Waals surface area (Å²) in [5, 5.41) is 24.4. The summed E-state index contributed by atoms with van der Waals surface area (Å²) in [6, 6.07) is 2.09. The van der Waals surface area contributed by atoms with Gasteiger partial charge in [0.1, 0.15) is 11.5 Å². The second-order valence-corrected chi connectivity index (χ2v) is 12.0. The maximum atomic E-state index is 14.6. The third-order valence-electron chi connectivity index (χ3n) is 8.21. The minimum Gasteiger partial charge on any atom is -0.466 e. The van der Waals surface area contributed by atoms with Gasteiger partial charge in [-0.15, -0.1) is 0 Å². The summed E-state index contributed by atoms with van der Waals surface area (Å²) in [6.45, 7) is 1.75. The predicted octanol–water partition coefficient (Wildman–Crippen LogP) is 10.9. The Morgan fingerprint density at radius 3 is 1.15 bits per heavy atom. The van der Waals surface area contributed by atoms with E-state index in [-0.39, 0.29) is 36.4 Å². The highest BCUT2D eigenvalue weighted by molar-refractivity contribution is 5.88. The molecule has 59 heavy (non-hydrogen) atoms. The lowest BCUT2D eigenvalue weighted by atomic mass is 9.89. The van der Waals surface area contributed by atoms with Crippen LogP contribution in [-0.2, 0) is 56.6 Å². The molecular formula is C36H24F12N2O9. The van der Waals surface area contributed by atoms with Gasteiger partial charge >= 0.3 is 36.6 Å². The van der Waals surface area contributed by atoms with Gasteiger partial charge in [-0.3, -0.25) is 29.8 Å². The summed E-state index contributed by atoms with van der Waals surface area (Å²) in [6.07, 6.45) is -24.7. The zero-order chi connectivity index (χ0) is 44.4. The molecule has 0 unspecified atom stereocenters. The standard InChI is InChI=1S/C36H24F12N2O9/c1-3-57-29(51)15-21-25(49(53)54)9-11-27(31(21)19-7-5-17(33(37,38)39)13-23(19)35(43,44)45)59-28-12-10-26(50(55)56)22(16-30(52)58-4-2)32(28)20-8-6-18(34(40,41)42)14-24(20)36(46,47)48/h5-14H,3-4,15-16H2,1-2H3. The van der Waals surface area contributed by atoms with E-state index in [1.165, 1.54) is 13.8 Å². The summed E-state index contributed by atoms with van der Waals surface area (Å²) in [7, 11) is 0. The molecule has 0 amide bonds. The van der Waals surface area contributed by atoms with Crippen LogP contribution in [0.25, 0.3) is 22.3 Å². The molecule has 4 rings (SSSR count). The number of esters is 2. The third-order valence-corrected chi connectivity index (χ3v) is 8.21. The van der Waals surface area contributed by atoms with Gasteiger partial charge in [0.05, 0.1) is 69.3 Å². The van der Waals surface area contributed by atoms with Crippen LogP contribution < -0.4 is 4.74 Å². The highest BCUT2D eigenvalue weighted by Gasteiger charge is 2.42. The van der Waals surface area contributed by atoms with Gasteiger partial charge in [0.25, 0.3) is 11.4 Å². The van der Waals surface area contributed by atoms with Crippen molar-refractivity contribution in [3.05, 3.63) is 114 Å². The molecule has 0 radical (unpaired) electrons. The Hall–Kier alpha value is -6.42. The van der Waals surface area contributed by atoms with Gasteiger partial charge in [-0.05, 0) is 61.4 Å². The fourth-order valence-electron chi connectivity index (χ4n) is 5.87. The Labute approximate surface area is 322 Å². The van der Waals surface area contributed by atoms with Gasteiger partial charge in [-0.2, -0.15) is 52.7 Å². The molecule has 0 spiro atoms. The lowest BCUT2D eigenvalue weighted by Gasteiger charge is -2.23. The van der Waals surface area contributed by atoms with Crippen LogP contribution in [0, 0.1) is 20.2 Å². The van der Waals surface area contributed by atoms with Crippen molar-refractivity contribution in [1.29, 1.82) is 0 Å². The molecule has 0 heterocycles. The number of rotatable bonds is 12. The number of alkyl halides is 12. The maximum absolute atomic E-state index is 14.6. The van der Waals surface area contributed by atoms with E-state index in [1.807, 2.05) is 0 Å². The van der Waals surface area contributed by atoms with Gasteiger partial charge in [-0.25, -0.2) is 0 Å². The monoisotopic (exact) mass is 856 g/mol. The van der Waals surface area contributed by atoms with Crippen LogP contribution in [0.5, 0.6) is 11.5 Å². The fraction of sp³-hybridized carbons (Fsp3) is 0.278. The summed E-state index contributed by atoms with van der Waals surface area (Å²) in [5.41, 5.74) is -17.1. The van der Waals surface area contributed by atoms with Crippen LogP contribution in [0.4, 0.5) is 64.1 Å². The molecule has 0 aromatic heterocycles. The van der Waals surface area contributed by atoms with Crippen LogP contribution in [0.2, 0.25) is 0 Å². The number of ether oxygens (including phenoxy) is 3. The molecule has 0 bridgehead atoms. The number of carbonyl (C=O) groups excluding carboxylic acids is 2. The maximum Gasteiger partial charge on any atom is 0.417 e. The predicted molar refractivity (Wildman–Crippen MR) is 178 cm³/mol. The van der Waals surface area contributed by atoms with E-state index in [4.69, 9.17) is 14.2 Å². The minimum atomic E-state index is -5.70. The molecule has 316 valence electrons. The van der Waals surface area contributed by atoms with Crippen molar-refractivity contribution < 1.29 is 86.3 Å². The number of hydrogen-bond donors (Lipinski definition) is 0. The van der Waals surface area contributed by atoms with Crippen molar-refractivity contribution in [2.45, 2.75) is 51.4 Å². The van der Waals surface area contributed by atoms with Crippen LogP contribution in [0.15, 0.2) is 60.7 Å². The molecule has 0 fully saturated rings. The van der Waals surface area contributed by atoms with Gasteiger partial charge in [-0.1, -0.05) is 12.1 Å². The first-order valence-corrected chi connectivity index (χ1v) is 16.4. The van der Waals surface area contributed by atoms with Crippen molar-refractivity contribution in [2.24, 2.45) is 0 Å². The van der Waals surface area contributed by atoms with Gasteiger partial charge in [0, 0.05) is 23.3 Å². The van der Waals surface area contributed by atoms with E-state index in [2.05, 4.69) is 0 Å². The number of nitrogens with zero attached hydrogens (tertiary/aromatic N) is 2. The second-order valence-electron chi connectivity index (χ2n) is 12.0. The molecule has 4 aromatic rings. The molecule has 0 N–H and O–H groups in total. The molecule has 0 aliphatic carbocycles. The first kappa shape index (κ1) is 45.3. The molecule has 23 heteroatoms. The molecule has 0 aliphatic heterocycles. The number of hydrogen-bond acceptors (Lipinski definition) is 9. The molecule has 0 aliphatic rings. The van der Waals surface area contributed by atoms with E-state index in [0.717, 1.165) is 0 Å². The van der Waals surface area contributed by atoms with Crippen molar-refractivity contribution in [3.63, 3.8) is 0 Å². The van der Waals surface area contributed by atoms with Crippen LogP contribution >= 0.6 is 0 Å². The molecule has 4 aromatic carbocycles. The Morgan fingerprint density at radius 1 is 0.542 bits per heavy atom. The lowest BCUT2D eigenvalue weighted by molar-refractivity contribution is -0.385. The van der Waals surface area contributed by atoms with Crippen molar-refractivity contribution >= 4 is 23.3 Å². The smallest absolute Gasteiger partial charge is 0.417 e. The topological polar surface area (TPSA) is 148 Å². The summed E-state index contributed by atoms with van der Waals surface area (Å²) in [4.78, 5) is 47.4. The minimum absolute atomic E-state index is 0.133. The fourth-order valence-corrected chi connectivity index (χ4v) is 5.87. The lowest BCUT2D eigenvalue weighted by Crippen LogP contribution is -2.15. The van der Waals surface area contributed by atoms with Crippen molar-refractivity contribution in [2.75, 3.05) is 13.2 Å². The summed E-state index contributed by atoms with van der Waals surface area (Å²) < 4.78 is 185. The van der Waals surface area contributed by atoms with Crippen LogP contribution in [0.3, 0.4) is 0 Å². The summed E-state index contributed by atoms with van der Waals surface area (Å²) >= 11 is 0. The van der Waals surface area contributed by atoms with E-state index >= 15 is 0 Å². The quantitative estimate of drug-likeness (QED) is 0.0587. The highest BCUT2D eigenvalue weighted by atomic mass is 19.4. The molecule has 0 saturated heterocycles. The molecule has 11 nitrogen and oxygen atoms in total. The summed E-state index contributed by atoms with van der Waals surface area (Å²) in [5.74, 6) is -4.81. The van der Waals surface area contributed by atoms with E-state index in [9.17, 15) is 82.5 Å². The SMILES string of the molecule is CCOC(=O)Cc1c([N+](=O)[O-])ccc(Oc2ccc([N+](=O)[O-])c(CC(=O)OCC)c2-c2ccc(C(F)(F)F)cc2C(F)(F)F)c1-c1ccc(C(F)(F)F)cc1C(F)(F)F. The Morgan fingerprint density at radius 2 is 0.881 bits per heavy atom. The van der Waals surface area contributed by atoms with Crippen LogP contribution in [0.1, 0.15) is 47.2 Å². The molecular weight excluding hydrogens is 832 g/mol. The number of nitro groups is 2. The van der Waals surface area contributed by atoms with Gasteiger partial charge in [0.2, 0.25) is 0 Å². The van der Waals surface area contributed by atoms with E-state index < -0.39 is 151 Å². The average molecular weight is 857 g/mol. The number of halogens is 12. The first-order chi connectivity index (χ1) is 27.2. The van der Waals surface area contributed by atoms with Gasteiger partial charge in [0.15, 0.2) is 0 Å². The van der Waals surface area contributed by atoms with E-state index in [1.54, 1.807) is 0 Å². The second kappa shape index (κ2) is 16.8. The normalized spacial score (nSPS) is 12.2. The average Bonchev–Trinajstić information content (AvgIpc) is 3.10. The first-order valence-electron chi connectivity index (χ1n) is 16.4. The van der Waals surface area contributed by atoms with Gasteiger partial charge < -0.3 is 14.2 Å². The van der Waals surface area contributed by atoms with E-state index in [0.29, 0.717) is 24.3 Å². The van der Waals surface area contributed by atoms with Crippen molar-refractivity contribution in [1.82, 2.24) is 0 Å². The number of carbonyl (C=O) groups is 2. The molecule has 0 saturated carbocycles. The van der Waals surface area contributed by atoms with Crippen molar-refractivity contribution in [3.8, 4) is 33.8 Å².